The number of rotatable bonds is 1. The highest BCUT2D eigenvalue weighted by Crippen LogP contribution is 2.36. The van der Waals surface area contributed by atoms with E-state index in [1.165, 1.54) is 0 Å². The second-order valence-corrected chi connectivity index (χ2v) is 6.95. The molecule has 0 saturated carbocycles. The zero-order valence-electron chi connectivity index (χ0n) is 12.4. The average Bonchev–Trinajstić information content (AvgIpc) is 2.68. The van der Waals surface area contributed by atoms with E-state index in [-0.39, 0.29) is 23.9 Å². The molecule has 0 spiro atoms. The van der Waals surface area contributed by atoms with Crippen molar-refractivity contribution in [1.82, 2.24) is 9.55 Å². The monoisotopic (exact) mass is 250 g/mol. The molecule has 0 amide bonds. The van der Waals surface area contributed by atoms with E-state index in [0.717, 1.165) is 5.59 Å². The van der Waals surface area contributed by atoms with Gasteiger partial charge in [-0.2, -0.15) is 0 Å². The molecular weight excluding hydrogens is 227 g/mol. The zero-order chi connectivity index (χ0) is 13.8. The fourth-order valence-corrected chi connectivity index (χ4v) is 2.00. The van der Waals surface area contributed by atoms with Gasteiger partial charge in [0, 0.05) is 11.7 Å². The Morgan fingerprint density at radius 3 is 2.06 bits per heavy atom. The Bertz CT molecular complexity index is 430. The van der Waals surface area contributed by atoms with Crippen molar-refractivity contribution in [2.75, 3.05) is 0 Å². The number of hydrogen-bond acceptors (Lipinski definition) is 3. The molecule has 0 atom stereocenters. The first-order valence-corrected chi connectivity index (χ1v) is 6.43. The van der Waals surface area contributed by atoms with E-state index in [9.17, 15) is 0 Å². The van der Waals surface area contributed by atoms with E-state index in [4.69, 9.17) is 9.31 Å². The number of imidazole rings is 1. The molecule has 1 aromatic rings. The van der Waals surface area contributed by atoms with Gasteiger partial charge in [0.15, 0.2) is 0 Å². The predicted molar refractivity (Wildman–Crippen MR) is 72.9 cm³/mol. The highest BCUT2D eigenvalue weighted by Gasteiger charge is 2.53. The third-order valence-corrected chi connectivity index (χ3v) is 3.88. The zero-order valence-corrected chi connectivity index (χ0v) is 12.4. The van der Waals surface area contributed by atoms with Gasteiger partial charge in [-0.15, -0.1) is 0 Å². The van der Waals surface area contributed by atoms with Gasteiger partial charge in [-0.1, -0.05) is 0 Å². The lowest BCUT2D eigenvalue weighted by molar-refractivity contribution is 0.00578. The third-order valence-electron chi connectivity index (χ3n) is 3.88. The molecule has 0 bridgehead atoms. The lowest BCUT2D eigenvalue weighted by Crippen LogP contribution is -2.43. The molecular formula is C13H23BN2O2. The van der Waals surface area contributed by atoms with Crippen LogP contribution in [0.4, 0.5) is 0 Å². The van der Waals surface area contributed by atoms with Crippen LogP contribution >= 0.6 is 0 Å². The van der Waals surface area contributed by atoms with E-state index in [0.29, 0.717) is 0 Å². The van der Waals surface area contributed by atoms with Crippen LogP contribution in [0.2, 0.25) is 0 Å². The molecule has 5 heteroatoms. The maximum atomic E-state index is 6.06. The van der Waals surface area contributed by atoms with Gasteiger partial charge in [0.1, 0.15) is 0 Å². The molecule has 100 valence electrons. The Balaban J connectivity index is 2.34. The standard InChI is InChI=1S/C13H23BN2O2/c1-11(2,3)16-9-15-8-10(16)14-17-12(4,5)13(6,7)18-14/h8-9H,1-7H3. The van der Waals surface area contributed by atoms with Crippen LogP contribution in [0, 0.1) is 0 Å². The van der Waals surface area contributed by atoms with Crippen LogP contribution in [0.15, 0.2) is 12.5 Å². The average molecular weight is 250 g/mol. The van der Waals surface area contributed by atoms with Gasteiger partial charge in [-0.05, 0) is 48.5 Å². The minimum absolute atomic E-state index is 0.0323. The summed E-state index contributed by atoms with van der Waals surface area (Å²) in [5.74, 6) is 0. The van der Waals surface area contributed by atoms with Crippen molar-refractivity contribution in [3.05, 3.63) is 12.5 Å². The quantitative estimate of drug-likeness (QED) is 0.714. The fraction of sp³-hybridized carbons (Fsp3) is 0.769. The largest absolute Gasteiger partial charge is 0.514 e. The van der Waals surface area contributed by atoms with Gasteiger partial charge in [-0.3, -0.25) is 0 Å². The number of aromatic nitrogens is 2. The van der Waals surface area contributed by atoms with Crippen LogP contribution in [-0.4, -0.2) is 27.9 Å². The minimum Gasteiger partial charge on any atom is -0.398 e. The van der Waals surface area contributed by atoms with Gasteiger partial charge in [0.05, 0.1) is 23.1 Å². The van der Waals surface area contributed by atoms with Gasteiger partial charge >= 0.3 is 7.12 Å². The van der Waals surface area contributed by atoms with Crippen LogP contribution in [0.5, 0.6) is 0 Å². The molecule has 0 aromatic carbocycles. The fourth-order valence-electron chi connectivity index (χ4n) is 2.00. The summed E-state index contributed by atoms with van der Waals surface area (Å²) >= 11 is 0. The molecule has 1 aliphatic rings. The summed E-state index contributed by atoms with van der Waals surface area (Å²) in [6, 6.07) is 0. The van der Waals surface area contributed by atoms with Gasteiger partial charge in [0.25, 0.3) is 0 Å². The molecule has 0 radical (unpaired) electrons. The van der Waals surface area contributed by atoms with Crippen molar-refractivity contribution >= 4 is 12.7 Å². The van der Waals surface area contributed by atoms with Crippen LogP contribution in [-0.2, 0) is 14.8 Å². The Labute approximate surface area is 110 Å². The first kappa shape index (κ1) is 13.6. The maximum Gasteiger partial charge on any atom is 0.514 e. The normalized spacial score (nSPS) is 22.5. The molecule has 1 aromatic heterocycles. The highest BCUT2D eigenvalue weighted by molar-refractivity contribution is 6.61. The first-order chi connectivity index (χ1) is 8.05. The maximum absolute atomic E-state index is 6.06. The number of nitrogens with zero attached hydrogens (tertiary/aromatic N) is 2. The van der Waals surface area contributed by atoms with Crippen LogP contribution in [0.3, 0.4) is 0 Å². The second-order valence-electron chi connectivity index (χ2n) is 6.95. The molecule has 1 saturated heterocycles. The summed E-state index contributed by atoms with van der Waals surface area (Å²) in [5.41, 5.74) is 0.311. The van der Waals surface area contributed by atoms with E-state index in [1.807, 2.05) is 12.5 Å². The highest BCUT2D eigenvalue weighted by atomic mass is 16.7. The van der Waals surface area contributed by atoms with E-state index >= 15 is 0 Å². The van der Waals surface area contributed by atoms with Crippen molar-refractivity contribution in [1.29, 1.82) is 0 Å². The van der Waals surface area contributed by atoms with Crippen LogP contribution < -0.4 is 5.59 Å². The molecule has 1 fully saturated rings. The number of hydrogen-bond donors (Lipinski definition) is 0. The Kier molecular flexibility index (Phi) is 2.91. The molecule has 4 nitrogen and oxygen atoms in total. The molecule has 1 aliphatic heterocycles. The molecule has 0 N–H and O–H groups in total. The minimum atomic E-state index is -0.350. The topological polar surface area (TPSA) is 36.3 Å². The third kappa shape index (κ3) is 2.10. The summed E-state index contributed by atoms with van der Waals surface area (Å²) in [5, 5.41) is 0. The van der Waals surface area contributed by atoms with Gasteiger partial charge in [-0.25, -0.2) is 4.98 Å². The Morgan fingerprint density at radius 1 is 1.11 bits per heavy atom. The lowest BCUT2D eigenvalue weighted by Gasteiger charge is -2.32. The van der Waals surface area contributed by atoms with Crippen molar-refractivity contribution in [2.45, 2.75) is 65.2 Å². The van der Waals surface area contributed by atoms with E-state index in [1.54, 1.807) is 0 Å². The van der Waals surface area contributed by atoms with E-state index in [2.05, 4.69) is 58.0 Å². The van der Waals surface area contributed by atoms with Crippen molar-refractivity contribution in [2.24, 2.45) is 0 Å². The summed E-state index contributed by atoms with van der Waals surface area (Å²) in [7, 11) is -0.350. The van der Waals surface area contributed by atoms with Crippen LogP contribution in [0.25, 0.3) is 0 Å². The first-order valence-electron chi connectivity index (χ1n) is 6.43. The second kappa shape index (κ2) is 3.84. The Morgan fingerprint density at radius 2 is 1.61 bits per heavy atom. The molecule has 0 unspecified atom stereocenters. The van der Waals surface area contributed by atoms with Gasteiger partial charge in [0.2, 0.25) is 0 Å². The molecule has 2 heterocycles. The summed E-state index contributed by atoms with van der Waals surface area (Å²) in [4.78, 5) is 4.23. The van der Waals surface area contributed by atoms with Crippen LogP contribution in [0.1, 0.15) is 48.5 Å². The summed E-state index contributed by atoms with van der Waals surface area (Å²) in [6.07, 6.45) is 3.66. The van der Waals surface area contributed by atoms with Crippen molar-refractivity contribution < 1.29 is 9.31 Å². The van der Waals surface area contributed by atoms with E-state index < -0.39 is 0 Å². The SMILES string of the molecule is CC(C)(C)n1cncc1B1OC(C)(C)C(C)(C)O1. The smallest absolute Gasteiger partial charge is 0.398 e. The summed E-state index contributed by atoms with van der Waals surface area (Å²) < 4.78 is 14.2. The lowest BCUT2D eigenvalue weighted by atomic mass is 9.84. The van der Waals surface area contributed by atoms with Crippen molar-refractivity contribution in [3.63, 3.8) is 0 Å². The Hall–Kier alpha value is -0.805. The van der Waals surface area contributed by atoms with Gasteiger partial charge < -0.3 is 13.9 Å². The predicted octanol–water partition coefficient (Wildman–Crippen LogP) is 1.94. The molecule has 18 heavy (non-hydrogen) atoms. The summed E-state index contributed by atoms with van der Waals surface area (Å²) in [6.45, 7) is 14.7. The molecule has 2 rings (SSSR count). The van der Waals surface area contributed by atoms with Crippen molar-refractivity contribution in [3.8, 4) is 0 Å². The molecule has 0 aliphatic carbocycles.